The SMILES string of the molecule is CCOCCN1CC(C2CCCCC2)NCC12CCCC2. The average molecular weight is 294 g/mol. The van der Waals surface area contributed by atoms with Crippen molar-refractivity contribution in [1.29, 1.82) is 0 Å². The Balaban J connectivity index is 1.61. The minimum atomic E-state index is 0.461. The zero-order valence-electron chi connectivity index (χ0n) is 13.9. The first-order valence-corrected chi connectivity index (χ1v) is 9.40. The molecule has 0 aromatic heterocycles. The molecule has 3 aliphatic rings. The second kappa shape index (κ2) is 7.43. The van der Waals surface area contributed by atoms with Crippen molar-refractivity contribution in [2.45, 2.75) is 76.3 Å². The normalized spacial score (nSPS) is 31.0. The van der Waals surface area contributed by atoms with E-state index in [9.17, 15) is 0 Å². The van der Waals surface area contributed by atoms with Crippen LogP contribution in [0.3, 0.4) is 0 Å². The molecule has 0 radical (unpaired) electrons. The van der Waals surface area contributed by atoms with Crippen molar-refractivity contribution in [2.75, 3.05) is 32.8 Å². The summed E-state index contributed by atoms with van der Waals surface area (Å²) in [6.45, 7) is 7.49. The van der Waals surface area contributed by atoms with E-state index in [2.05, 4.69) is 17.1 Å². The van der Waals surface area contributed by atoms with Crippen LogP contribution in [-0.4, -0.2) is 49.3 Å². The summed E-state index contributed by atoms with van der Waals surface area (Å²) in [6, 6.07) is 0.734. The molecule has 1 saturated heterocycles. The molecule has 3 heteroatoms. The maximum atomic E-state index is 5.66. The van der Waals surface area contributed by atoms with Gasteiger partial charge in [-0.25, -0.2) is 0 Å². The minimum Gasteiger partial charge on any atom is -0.380 e. The number of piperazine rings is 1. The second-order valence-electron chi connectivity index (χ2n) is 7.46. The van der Waals surface area contributed by atoms with E-state index in [-0.39, 0.29) is 0 Å². The van der Waals surface area contributed by atoms with Crippen molar-refractivity contribution in [3.63, 3.8) is 0 Å². The molecule has 0 aromatic carbocycles. The number of hydrogen-bond acceptors (Lipinski definition) is 3. The summed E-state index contributed by atoms with van der Waals surface area (Å²) in [6.07, 6.45) is 12.9. The molecule has 1 unspecified atom stereocenters. The fourth-order valence-corrected chi connectivity index (χ4v) is 4.95. The molecule has 1 aliphatic heterocycles. The van der Waals surface area contributed by atoms with Crippen LogP contribution < -0.4 is 5.32 Å². The highest BCUT2D eigenvalue weighted by Gasteiger charge is 2.44. The van der Waals surface area contributed by atoms with E-state index in [1.807, 2.05) is 0 Å². The molecule has 21 heavy (non-hydrogen) atoms. The zero-order chi connectivity index (χ0) is 14.5. The van der Waals surface area contributed by atoms with E-state index in [4.69, 9.17) is 4.74 Å². The molecule has 3 rings (SSSR count). The Labute approximate surface area is 130 Å². The lowest BCUT2D eigenvalue weighted by Gasteiger charge is -2.50. The summed E-state index contributed by atoms with van der Waals surface area (Å²) in [7, 11) is 0. The van der Waals surface area contributed by atoms with Crippen LogP contribution in [0.5, 0.6) is 0 Å². The van der Waals surface area contributed by atoms with Gasteiger partial charge in [-0.15, -0.1) is 0 Å². The van der Waals surface area contributed by atoms with E-state index in [0.29, 0.717) is 5.54 Å². The molecule has 0 aromatic rings. The fourth-order valence-electron chi connectivity index (χ4n) is 4.95. The van der Waals surface area contributed by atoms with Gasteiger partial charge in [0, 0.05) is 37.8 Å². The number of nitrogens with one attached hydrogen (secondary N) is 1. The van der Waals surface area contributed by atoms with Crippen LogP contribution >= 0.6 is 0 Å². The summed E-state index contributed by atoms with van der Waals surface area (Å²) in [5, 5.41) is 3.96. The van der Waals surface area contributed by atoms with Gasteiger partial charge in [0.2, 0.25) is 0 Å². The second-order valence-corrected chi connectivity index (χ2v) is 7.46. The van der Waals surface area contributed by atoms with Crippen molar-refractivity contribution in [1.82, 2.24) is 10.2 Å². The molecule has 1 atom stereocenters. The summed E-state index contributed by atoms with van der Waals surface area (Å²) in [4.78, 5) is 2.81. The van der Waals surface area contributed by atoms with Crippen LogP contribution in [0.2, 0.25) is 0 Å². The Morgan fingerprint density at radius 1 is 1.10 bits per heavy atom. The smallest absolute Gasteiger partial charge is 0.0593 e. The molecule has 2 saturated carbocycles. The number of hydrogen-bond donors (Lipinski definition) is 1. The number of ether oxygens (including phenoxy) is 1. The Kier molecular flexibility index (Phi) is 5.58. The van der Waals surface area contributed by atoms with Crippen LogP contribution in [0.1, 0.15) is 64.7 Å². The highest BCUT2D eigenvalue weighted by atomic mass is 16.5. The standard InChI is InChI=1S/C18H34N2O/c1-2-21-13-12-20-14-17(16-8-4-3-5-9-16)19-15-18(20)10-6-7-11-18/h16-17,19H,2-15H2,1H3. The Hall–Kier alpha value is -0.120. The third-order valence-corrected chi connectivity index (χ3v) is 6.24. The van der Waals surface area contributed by atoms with Crippen LogP contribution in [0.15, 0.2) is 0 Å². The molecular weight excluding hydrogens is 260 g/mol. The van der Waals surface area contributed by atoms with Gasteiger partial charge in [-0.05, 0) is 38.5 Å². The molecule has 0 amide bonds. The summed E-state index contributed by atoms with van der Waals surface area (Å²) in [5.41, 5.74) is 0.461. The highest BCUT2D eigenvalue weighted by molar-refractivity contribution is 5.03. The molecule has 0 bridgehead atoms. The first-order chi connectivity index (χ1) is 10.3. The first-order valence-electron chi connectivity index (χ1n) is 9.40. The van der Waals surface area contributed by atoms with Crippen molar-refractivity contribution in [3.8, 4) is 0 Å². The molecule has 2 aliphatic carbocycles. The van der Waals surface area contributed by atoms with Crippen molar-refractivity contribution in [2.24, 2.45) is 5.92 Å². The molecule has 1 spiro atoms. The van der Waals surface area contributed by atoms with Crippen molar-refractivity contribution >= 4 is 0 Å². The van der Waals surface area contributed by atoms with Gasteiger partial charge in [-0.1, -0.05) is 32.1 Å². The topological polar surface area (TPSA) is 24.5 Å². The lowest BCUT2D eigenvalue weighted by Crippen LogP contribution is -2.65. The zero-order valence-corrected chi connectivity index (χ0v) is 13.9. The van der Waals surface area contributed by atoms with Crippen molar-refractivity contribution < 1.29 is 4.74 Å². The summed E-state index contributed by atoms with van der Waals surface area (Å²) in [5.74, 6) is 0.923. The quantitative estimate of drug-likeness (QED) is 0.788. The van der Waals surface area contributed by atoms with Crippen molar-refractivity contribution in [3.05, 3.63) is 0 Å². The van der Waals surface area contributed by atoms with E-state index < -0.39 is 0 Å². The van der Waals surface area contributed by atoms with Crippen LogP contribution in [0.4, 0.5) is 0 Å². The molecule has 3 nitrogen and oxygen atoms in total. The maximum absolute atomic E-state index is 5.66. The first kappa shape index (κ1) is 15.8. The van der Waals surface area contributed by atoms with E-state index in [1.54, 1.807) is 0 Å². The maximum Gasteiger partial charge on any atom is 0.0593 e. The minimum absolute atomic E-state index is 0.461. The molecule has 1 N–H and O–H groups in total. The van der Waals surface area contributed by atoms with E-state index in [0.717, 1.165) is 31.7 Å². The largest absolute Gasteiger partial charge is 0.380 e. The van der Waals surface area contributed by atoms with Gasteiger partial charge in [0.05, 0.1) is 6.61 Å². The van der Waals surface area contributed by atoms with Gasteiger partial charge in [0.15, 0.2) is 0 Å². The van der Waals surface area contributed by atoms with Crippen LogP contribution in [0, 0.1) is 5.92 Å². The Morgan fingerprint density at radius 3 is 2.57 bits per heavy atom. The van der Waals surface area contributed by atoms with Gasteiger partial charge in [0.1, 0.15) is 0 Å². The van der Waals surface area contributed by atoms with Gasteiger partial charge < -0.3 is 10.1 Å². The van der Waals surface area contributed by atoms with E-state index >= 15 is 0 Å². The fraction of sp³-hybridized carbons (Fsp3) is 1.00. The predicted molar refractivity (Wildman–Crippen MR) is 87.6 cm³/mol. The third kappa shape index (κ3) is 3.62. The highest BCUT2D eigenvalue weighted by Crippen LogP contribution is 2.38. The van der Waals surface area contributed by atoms with Gasteiger partial charge in [-0.2, -0.15) is 0 Å². The average Bonchev–Trinajstić information content (AvgIpc) is 3.00. The third-order valence-electron chi connectivity index (χ3n) is 6.24. The predicted octanol–water partition coefficient (Wildman–Crippen LogP) is 3.19. The van der Waals surface area contributed by atoms with Gasteiger partial charge in [0.25, 0.3) is 0 Å². The lowest BCUT2D eigenvalue weighted by molar-refractivity contribution is 0.00191. The van der Waals surface area contributed by atoms with Crippen LogP contribution in [-0.2, 0) is 4.74 Å². The molecular formula is C18H34N2O. The van der Waals surface area contributed by atoms with E-state index in [1.165, 1.54) is 70.9 Å². The summed E-state index contributed by atoms with van der Waals surface area (Å²) >= 11 is 0. The number of nitrogens with zero attached hydrogens (tertiary/aromatic N) is 1. The Bertz CT molecular complexity index is 308. The Morgan fingerprint density at radius 2 is 1.86 bits per heavy atom. The van der Waals surface area contributed by atoms with Gasteiger partial charge in [-0.3, -0.25) is 4.90 Å². The molecule has 1 heterocycles. The monoisotopic (exact) mass is 294 g/mol. The van der Waals surface area contributed by atoms with Crippen LogP contribution in [0.25, 0.3) is 0 Å². The molecule has 3 fully saturated rings. The number of rotatable bonds is 5. The lowest BCUT2D eigenvalue weighted by atomic mass is 9.80. The van der Waals surface area contributed by atoms with Gasteiger partial charge >= 0.3 is 0 Å². The summed E-state index contributed by atoms with van der Waals surface area (Å²) < 4.78 is 5.66. The molecule has 122 valence electrons.